The Kier molecular flexibility index (Phi) is 4.54. The van der Waals surface area contributed by atoms with Crippen LogP contribution in [0.3, 0.4) is 0 Å². The molecule has 0 radical (unpaired) electrons. The van der Waals surface area contributed by atoms with Crippen LogP contribution in [0.4, 0.5) is 4.79 Å². The van der Waals surface area contributed by atoms with Crippen LogP contribution >= 0.6 is 0 Å². The molecule has 0 saturated carbocycles. The van der Waals surface area contributed by atoms with Crippen molar-refractivity contribution in [1.29, 1.82) is 0 Å². The molecule has 0 unspecified atom stereocenters. The molecule has 1 aromatic heterocycles. The lowest BCUT2D eigenvalue weighted by Crippen LogP contribution is -2.41. The molecule has 124 valence electrons. The van der Waals surface area contributed by atoms with Crippen LogP contribution in [0, 0.1) is 0 Å². The monoisotopic (exact) mass is 307 g/mol. The number of carbonyl (C=O) groups excluding carboxylic acids is 1. The van der Waals surface area contributed by atoms with Crippen LogP contribution in [-0.4, -0.2) is 39.7 Å². The van der Waals surface area contributed by atoms with Crippen LogP contribution in [-0.2, 0) is 10.2 Å². The topological polar surface area (TPSA) is 58.2 Å². The van der Waals surface area contributed by atoms with Gasteiger partial charge in [-0.15, -0.1) is 0 Å². The standard InChI is InChI=1S/C17H29N3O2/c1-16(2,3)13-11-18-14(19-13)12-7-9-20(10-8-12)15(21)22-17(4,5)6/h11-12H,7-10H2,1-6H3,(H,18,19). The van der Waals surface area contributed by atoms with Crippen LogP contribution in [0.5, 0.6) is 0 Å². The van der Waals surface area contributed by atoms with Gasteiger partial charge in [-0.05, 0) is 33.6 Å². The van der Waals surface area contributed by atoms with Gasteiger partial charge in [0.2, 0.25) is 0 Å². The lowest BCUT2D eigenvalue weighted by atomic mass is 9.93. The fourth-order valence-electron chi connectivity index (χ4n) is 2.59. The van der Waals surface area contributed by atoms with E-state index in [4.69, 9.17) is 4.74 Å². The summed E-state index contributed by atoms with van der Waals surface area (Å²) in [5.74, 6) is 1.45. The number of likely N-dealkylation sites (tertiary alicyclic amines) is 1. The van der Waals surface area contributed by atoms with Gasteiger partial charge in [0.25, 0.3) is 0 Å². The van der Waals surface area contributed by atoms with E-state index >= 15 is 0 Å². The van der Waals surface area contributed by atoms with Crippen LogP contribution < -0.4 is 0 Å². The minimum Gasteiger partial charge on any atom is -0.444 e. The molecule has 0 aromatic carbocycles. The molecular weight excluding hydrogens is 278 g/mol. The molecule has 1 aromatic rings. The van der Waals surface area contributed by atoms with E-state index in [-0.39, 0.29) is 11.5 Å². The van der Waals surface area contributed by atoms with E-state index in [1.807, 2.05) is 27.0 Å². The lowest BCUT2D eigenvalue weighted by Gasteiger charge is -2.32. The average molecular weight is 307 g/mol. The molecule has 2 rings (SSSR count). The number of hydrogen-bond acceptors (Lipinski definition) is 3. The molecule has 5 nitrogen and oxygen atoms in total. The summed E-state index contributed by atoms with van der Waals surface area (Å²) in [4.78, 5) is 21.9. The van der Waals surface area contributed by atoms with Crippen LogP contribution in [0.25, 0.3) is 0 Å². The zero-order valence-electron chi connectivity index (χ0n) is 14.7. The van der Waals surface area contributed by atoms with E-state index in [2.05, 4.69) is 30.7 Å². The van der Waals surface area contributed by atoms with Gasteiger partial charge < -0.3 is 14.6 Å². The Morgan fingerprint density at radius 2 is 1.82 bits per heavy atom. The number of nitrogens with zero attached hydrogens (tertiary/aromatic N) is 2. The number of amides is 1. The maximum atomic E-state index is 12.1. The molecule has 1 aliphatic rings. The molecule has 1 amide bonds. The Hall–Kier alpha value is -1.52. The fraction of sp³-hybridized carbons (Fsp3) is 0.765. The van der Waals surface area contributed by atoms with Crippen molar-refractivity contribution in [2.75, 3.05) is 13.1 Å². The highest BCUT2D eigenvalue weighted by Crippen LogP contribution is 2.29. The second-order valence-corrected chi connectivity index (χ2v) is 8.17. The van der Waals surface area contributed by atoms with Crippen molar-refractivity contribution < 1.29 is 9.53 Å². The first-order chi connectivity index (χ1) is 10.1. The smallest absolute Gasteiger partial charge is 0.410 e. The van der Waals surface area contributed by atoms with Crippen LogP contribution in [0.1, 0.15) is 71.8 Å². The highest BCUT2D eigenvalue weighted by Gasteiger charge is 2.29. The molecule has 5 heteroatoms. The Morgan fingerprint density at radius 3 is 2.27 bits per heavy atom. The highest BCUT2D eigenvalue weighted by molar-refractivity contribution is 5.68. The number of H-pyrrole nitrogens is 1. The third-order valence-electron chi connectivity index (χ3n) is 3.94. The number of nitrogens with one attached hydrogen (secondary N) is 1. The van der Waals surface area contributed by atoms with Gasteiger partial charge in [-0.2, -0.15) is 0 Å². The van der Waals surface area contributed by atoms with E-state index in [9.17, 15) is 4.79 Å². The number of hydrogen-bond donors (Lipinski definition) is 1. The molecule has 1 N–H and O–H groups in total. The van der Waals surface area contributed by atoms with E-state index in [1.165, 1.54) is 0 Å². The SMILES string of the molecule is CC(C)(C)OC(=O)N1CCC(c2ncc(C(C)(C)C)[nH]2)CC1. The van der Waals surface area contributed by atoms with Crippen LogP contribution in [0.15, 0.2) is 6.20 Å². The predicted octanol–water partition coefficient (Wildman–Crippen LogP) is 3.82. The minimum absolute atomic E-state index is 0.0858. The highest BCUT2D eigenvalue weighted by atomic mass is 16.6. The van der Waals surface area contributed by atoms with Crippen LogP contribution in [0.2, 0.25) is 0 Å². The first kappa shape index (κ1) is 16.8. The minimum atomic E-state index is -0.434. The molecular formula is C17H29N3O2. The summed E-state index contributed by atoms with van der Waals surface area (Å²) >= 11 is 0. The van der Waals surface area contributed by atoms with Crippen molar-refractivity contribution in [2.45, 2.75) is 71.3 Å². The molecule has 1 aliphatic heterocycles. The Labute approximate surface area is 133 Å². The molecule has 0 aliphatic carbocycles. The quantitative estimate of drug-likeness (QED) is 0.858. The van der Waals surface area contributed by atoms with Crippen molar-refractivity contribution in [1.82, 2.24) is 14.9 Å². The Bertz CT molecular complexity index is 515. The van der Waals surface area contributed by atoms with Crippen molar-refractivity contribution in [3.8, 4) is 0 Å². The normalized spacial score (nSPS) is 17.6. The van der Waals surface area contributed by atoms with E-state index in [0.29, 0.717) is 5.92 Å². The summed E-state index contributed by atoms with van der Waals surface area (Å²) in [6, 6.07) is 0. The second kappa shape index (κ2) is 5.94. The number of ether oxygens (including phenoxy) is 1. The number of piperidine rings is 1. The number of aromatic amines is 1. The zero-order chi connectivity index (χ0) is 16.5. The van der Waals surface area contributed by atoms with E-state index in [0.717, 1.165) is 37.4 Å². The summed E-state index contributed by atoms with van der Waals surface area (Å²) in [5, 5.41) is 0. The summed E-state index contributed by atoms with van der Waals surface area (Å²) < 4.78 is 5.43. The first-order valence-corrected chi connectivity index (χ1v) is 8.09. The lowest BCUT2D eigenvalue weighted by molar-refractivity contribution is 0.0203. The third kappa shape index (κ3) is 4.24. The van der Waals surface area contributed by atoms with Crippen molar-refractivity contribution in [2.24, 2.45) is 0 Å². The second-order valence-electron chi connectivity index (χ2n) is 8.17. The van der Waals surface area contributed by atoms with Crippen molar-refractivity contribution >= 4 is 6.09 Å². The van der Waals surface area contributed by atoms with Gasteiger partial charge in [-0.3, -0.25) is 0 Å². The summed E-state index contributed by atoms with van der Waals surface area (Å²) in [6.45, 7) is 13.7. The Morgan fingerprint density at radius 1 is 1.23 bits per heavy atom. The van der Waals surface area contributed by atoms with Crippen molar-refractivity contribution in [3.05, 3.63) is 17.7 Å². The van der Waals surface area contributed by atoms with Gasteiger partial charge in [0.15, 0.2) is 0 Å². The summed E-state index contributed by atoms with van der Waals surface area (Å²) in [6.07, 6.45) is 3.59. The first-order valence-electron chi connectivity index (χ1n) is 8.09. The molecule has 22 heavy (non-hydrogen) atoms. The molecule has 0 spiro atoms. The molecule has 1 fully saturated rings. The van der Waals surface area contributed by atoms with E-state index in [1.54, 1.807) is 4.90 Å². The fourth-order valence-corrected chi connectivity index (χ4v) is 2.59. The average Bonchev–Trinajstić information content (AvgIpc) is 2.86. The van der Waals surface area contributed by atoms with Gasteiger partial charge in [-0.25, -0.2) is 9.78 Å². The number of imidazole rings is 1. The molecule has 0 bridgehead atoms. The predicted molar refractivity (Wildman–Crippen MR) is 87.1 cm³/mol. The van der Waals surface area contributed by atoms with Gasteiger partial charge in [0, 0.05) is 36.3 Å². The molecule has 2 heterocycles. The van der Waals surface area contributed by atoms with Crippen molar-refractivity contribution in [3.63, 3.8) is 0 Å². The summed E-state index contributed by atoms with van der Waals surface area (Å²) in [7, 11) is 0. The zero-order valence-corrected chi connectivity index (χ0v) is 14.7. The number of carbonyl (C=O) groups is 1. The van der Waals surface area contributed by atoms with Gasteiger partial charge in [0.1, 0.15) is 11.4 Å². The Balaban J connectivity index is 1.92. The number of rotatable bonds is 1. The maximum Gasteiger partial charge on any atom is 0.410 e. The third-order valence-corrected chi connectivity index (χ3v) is 3.94. The molecule has 1 saturated heterocycles. The molecule has 0 atom stereocenters. The van der Waals surface area contributed by atoms with Gasteiger partial charge >= 0.3 is 6.09 Å². The maximum absolute atomic E-state index is 12.1. The van der Waals surface area contributed by atoms with E-state index < -0.39 is 5.60 Å². The number of aromatic nitrogens is 2. The van der Waals surface area contributed by atoms with Gasteiger partial charge in [-0.1, -0.05) is 20.8 Å². The largest absolute Gasteiger partial charge is 0.444 e. The summed E-state index contributed by atoms with van der Waals surface area (Å²) in [5.41, 5.74) is 0.816. The van der Waals surface area contributed by atoms with Gasteiger partial charge in [0.05, 0.1) is 0 Å².